The molecule has 3 atom stereocenters. The van der Waals surface area contributed by atoms with Crippen molar-refractivity contribution in [1.29, 1.82) is 0 Å². The fourth-order valence-corrected chi connectivity index (χ4v) is 3.05. The summed E-state index contributed by atoms with van der Waals surface area (Å²) < 4.78 is 0. The van der Waals surface area contributed by atoms with Gasteiger partial charge in [-0.3, -0.25) is 0 Å². The Morgan fingerprint density at radius 1 is 1.64 bits per heavy atom. The first-order valence-corrected chi connectivity index (χ1v) is 4.94. The first kappa shape index (κ1) is 7.94. The predicted octanol–water partition coefficient (Wildman–Crippen LogP) is 3.54. The van der Waals surface area contributed by atoms with Crippen LogP contribution in [0.2, 0.25) is 0 Å². The lowest BCUT2D eigenvalue weighted by Gasteiger charge is -2.32. The van der Waals surface area contributed by atoms with Crippen molar-refractivity contribution >= 4 is 23.2 Å². The quantitative estimate of drug-likeness (QED) is 0.513. The van der Waals surface area contributed by atoms with Crippen LogP contribution < -0.4 is 0 Å². The van der Waals surface area contributed by atoms with Gasteiger partial charge in [0, 0.05) is 5.03 Å². The van der Waals surface area contributed by atoms with E-state index in [1.165, 1.54) is 19.3 Å². The van der Waals surface area contributed by atoms with Crippen LogP contribution in [0.5, 0.6) is 0 Å². The van der Waals surface area contributed by atoms with Crippen LogP contribution in [0.1, 0.15) is 26.2 Å². The average molecular weight is 191 g/mol. The van der Waals surface area contributed by atoms with Gasteiger partial charge >= 0.3 is 0 Å². The van der Waals surface area contributed by atoms with E-state index in [1.54, 1.807) is 0 Å². The summed E-state index contributed by atoms with van der Waals surface area (Å²) in [4.78, 5) is 0. The molecule has 0 aromatic rings. The first-order chi connectivity index (χ1) is 5.12. The molecule has 1 saturated carbocycles. The normalized spacial score (nSPS) is 49.2. The summed E-state index contributed by atoms with van der Waals surface area (Å²) in [6.07, 6.45) is 5.89. The molecule has 62 valence electrons. The van der Waals surface area contributed by atoms with Gasteiger partial charge in [0.25, 0.3) is 0 Å². The molecular formula is C9H12Cl2. The van der Waals surface area contributed by atoms with Crippen LogP contribution in [0.4, 0.5) is 0 Å². The molecule has 11 heavy (non-hydrogen) atoms. The number of rotatable bonds is 0. The zero-order valence-electron chi connectivity index (χ0n) is 6.61. The fraction of sp³-hybridized carbons (Fsp3) is 0.778. The summed E-state index contributed by atoms with van der Waals surface area (Å²) in [5.41, 5.74) is 0.290. The number of fused-ring (bicyclic) bond motifs is 2. The Bertz CT molecular complexity index is 210. The molecule has 0 N–H and O–H groups in total. The third-order valence-electron chi connectivity index (χ3n) is 3.06. The van der Waals surface area contributed by atoms with Crippen LogP contribution in [0, 0.1) is 11.3 Å². The molecule has 0 aromatic heterocycles. The second kappa shape index (κ2) is 2.40. The summed E-state index contributed by atoms with van der Waals surface area (Å²) in [7, 11) is 0. The van der Waals surface area contributed by atoms with Crippen molar-refractivity contribution in [3.63, 3.8) is 0 Å². The summed E-state index contributed by atoms with van der Waals surface area (Å²) in [6.45, 7) is 2.25. The van der Waals surface area contributed by atoms with Crippen molar-refractivity contribution in [3.05, 3.63) is 11.1 Å². The maximum Gasteiger partial charge on any atom is 0.0742 e. The SMILES string of the molecule is C[C@]12CC[C@H](C=C(Cl)[C@H]1Cl)C2. The first-order valence-electron chi connectivity index (χ1n) is 4.13. The molecule has 2 bridgehead atoms. The summed E-state index contributed by atoms with van der Waals surface area (Å²) in [5.74, 6) is 0.711. The monoisotopic (exact) mass is 190 g/mol. The van der Waals surface area contributed by atoms with Crippen LogP contribution in [0.25, 0.3) is 0 Å². The smallest absolute Gasteiger partial charge is 0.0742 e. The van der Waals surface area contributed by atoms with E-state index in [-0.39, 0.29) is 10.8 Å². The molecule has 2 aliphatic rings. The number of hydrogen-bond donors (Lipinski definition) is 0. The van der Waals surface area contributed by atoms with Gasteiger partial charge in [-0.2, -0.15) is 0 Å². The lowest BCUT2D eigenvalue weighted by Crippen LogP contribution is -2.28. The Balaban J connectivity index is 2.34. The zero-order chi connectivity index (χ0) is 8.06. The standard InChI is InChI=1S/C9H12Cl2/c1-9-3-2-6(5-9)4-7(10)8(9)11/h4,6,8H,2-3,5H2,1H3/t6-,8-,9-/m1/s1. The summed E-state index contributed by atoms with van der Waals surface area (Å²) in [6, 6.07) is 0. The molecule has 0 amide bonds. The van der Waals surface area contributed by atoms with Crippen molar-refractivity contribution in [2.75, 3.05) is 0 Å². The number of allylic oxidation sites excluding steroid dienone is 2. The van der Waals surface area contributed by atoms with Crippen LogP contribution in [0.3, 0.4) is 0 Å². The van der Waals surface area contributed by atoms with Crippen LogP contribution in [-0.4, -0.2) is 5.38 Å². The van der Waals surface area contributed by atoms with Gasteiger partial charge in [0.15, 0.2) is 0 Å². The van der Waals surface area contributed by atoms with Gasteiger partial charge in [0.1, 0.15) is 0 Å². The van der Waals surface area contributed by atoms with E-state index < -0.39 is 0 Å². The van der Waals surface area contributed by atoms with Crippen molar-refractivity contribution in [3.8, 4) is 0 Å². The minimum absolute atomic E-state index is 0.0721. The molecule has 0 saturated heterocycles. The summed E-state index contributed by atoms with van der Waals surface area (Å²) >= 11 is 12.2. The lowest BCUT2D eigenvalue weighted by atomic mass is 9.80. The molecule has 2 rings (SSSR count). The Morgan fingerprint density at radius 3 is 3.09 bits per heavy atom. The van der Waals surface area contributed by atoms with Gasteiger partial charge in [0.05, 0.1) is 5.38 Å². The lowest BCUT2D eigenvalue weighted by molar-refractivity contribution is 0.326. The largest absolute Gasteiger partial charge is 0.116 e. The highest BCUT2D eigenvalue weighted by Gasteiger charge is 2.44. The third kappa shape index (κ3) is 1.11. The maximum atomic E-state index is 6.20. The molecule has 2 aliphatic carbocycles. The van der Waals surface area contributed by atoms with Gasteiger partial charge in [0.2, 0.25) is 0 Å². The van der Waals surface area contributed by atoms with Crippen LogP contribution >= 0.6 is 23.2 Å². The van der Waals surface area contributed by atoms with E-state index in [1.807, 2.05) is 0 Å². The molecule has 1 fully saturated rings. The topological polar surface area (TPSA) is 0 Å². The Labute approximate surface area is 77.6 Å². The van der Waals surface area contributed by atoms with Crippen LogP contribution in [0.15, 0.2) is 11.1 Å². The molecule has 0 nitrogen and oxygen atoms in total. The highest BCUT2D eigenvalue weighted by atomic mass is 35.5. The molecule has 2 heteroatoms. The van der Waals surface area contributed by atoms with Gasteiger partial charge in [-0.25, -0.2) is 0 Å². The Kier molecular flexibility index (Phi) is 1.73. The minimum Gasteiger partial charge on any atom is -0.116 e. The average Bonchev–Trinajstić information content (AvgIpc) is 2.27. The molecule has 0 radical (unpaired) electrons. The van der Waals surface area contributed by atoms with Crippen LogP contribution in [-0.2, 0) is 0 Å². The molecule has 0 heterocycles. The van der Waals surface area contributed by atoms with E-state index in [0.29, 0.717) is 5.92 Å². The minimum atomic E-state index is 0.0721. The van der Waals surface area contributed by atoms with E-state index in [9.17, 15) is 0 Å². The molecule has 0 spiro atoms. The highest BCUT2D eigenvalue weighted by molar-refractivity contribution is 6.37. The summed E-state index contributed by atoms with van der Waals surface area (Å²) in [5, 5.41) is 0.950. The van der Waals surface area contributed by atoms with E-state index in [0.717, 1.165) is 5.03 Å². The van der Waals surface area contributed by atoms with Crippen molar-refractivity contribution < 1.29 is 0 Å². The zero-order valence-corrected chi connectivity index (χ0v) is 8.12. The Morgan fingerprint density at radius 2 is 2.36 bits per heavy atom. The van der Waals surface area contributed by atoms with E-state index in [2.05, 4.69) is 13.0 Å². The second-order valence-corrected chi connectivity index (χ2v) is 4.94. The van der Waals surface area contributed by atoms with Crippen molar-refractivity contribution in [2.45, 2.75) is 31.6 Å². The number of alkyl halides is 1. The maximum absolute atomic E-state index is 6.20. The molecule has 0 aliphatic heterocycles. The van der Waals surface area contributed by atoms with Crippen molar-refractivity contribution in [1.82, 2.24) is 0 Å². The second-order valence-electron chi connectivity index (χ2n) is 4.07. The van der Waals surface area contributed by atoms with Gasteiger partial charge in [-0.15, -0.1) is 11.6 Å². The predicted molar refractivity (Wildman–Crippen MR) is 49.0 cm³/mol. The molecule has 0 unspecified atom stereocenters. The molecular weight excluding hydrogens is 179 g/mol. The fourth-order valence-electron chi connectivity index (χ4n) is 2.33. The Hall–Kier alpha value is 0.320. The van der Waals surface area contributed by atoms with Gasteiger partial charge in [-0.05, 0) is 30.6 Å². The number of hydrogen-bond acceptors (Lipinski definition) is 0. The highest BCUT2D eigenvalue weighted by Crippen LogP contribution is 2.53. The van der Waals surface area contributed by atoms with E-state index in [4.69, 9.17) is 23.2 Å². The van der Waals surface area contributed by atoms with E-state index >= 15 is 0 Å². The third-order valence-corrected chi connectivity index (χ3v) is 4.28. The van der Waals surface area contributed by atoms with Gasteiger partial charge < -0.3 is 0 Å². The van der Waals surface area contributed by atoms with Crippen molar-refractivity contribution in [2.24, 2.45) is 11.3 Å². The molecule has 0 aromatic carbocycles. The number of halogens is 2. The van der Waals surface area contributed by atoms with Gasteiger partial charge in [-0.1, -0.05) is 24.6 Å².